The topological polar surface area (TPSA) is 56.1 Å². The lowest BCUT2D eigenvalue weighted by molar-refractivity contribution is 0.0383. The largest absolute Gasteiger partial charge is 0.370 e. The van der Waals surface area contributed by atoms with Crippen LogP contribution < -0.4 is 5.32 Å². The van der Waals surface area contributed by atoms with Crippen molar-refractivity contribution in [3.63, 3.8) is 0 Å². The van der Waals surface area contributed by atoms with Crippen LogP contribution in [0.2, 0.25) is 0 Å². The molecule has 4 rings (SSSR count). The van der Waals surface area contributed by atoms with Crippen molar-refractivity contribution in [3.05, 3.63) is 88.7 Å². The molecule has 1 unspecified atom stereocenters. The highest BCUT2D eigenvalue weighted by atomic mass is 19.2. The molecule has 7 heteroatoms. The van der Waals surface area contributed by atoms with Crippen LogP contribution in [0.15, 0.2) is 54.7 Å². The number of hydrogen-bond acceptors (Lipinski definition) is 3. The van der Waals surface area contributed by atoms with E-state index in [2.05, 4.69) is 10.4 Å². The second-order valence-electron chi connectivity index (χ2n) is 6.67. The Kier molecular flexibility index (Phi) is 5.16. The Bertz CT molecular complexity index is 989. The molecule has 144 valence electrons. The average molecular weight is 383 g/mol. The minimum atomic E-state index is -1.05. The van der Waals surface area contributed by atoms with Gasteiger partial charge in [0.2, 0.25) is 0 Å². The van der Waals surface area contributed by atoms with Crippen LogP contribution in [0.5, 0.6) is 0 Å². The maximum Gasteiger partial charge on any atom is 0.251 e. The Balaban J connectivity index is 1.44. The second-order valence-corrected chi connectivity index (χ2v) is 6.67. The predicted octanol–water partition coefficient (Wildman–Crippen LogP) is 3.25. The summed E-state index contributed by atoms with van der Waals surface area (Å²) in [6.45, 7) is 1.39. The fourth-order valence-electron chi connectivity index (χ4n) is 3.26. The van der Waals surface area contributed by atoms with Crippen LogP contribution >= 0.6 is 0 Å². The van der Waals surface area contributed by atoms with Gasteiger partial charge in [-0.3, -0.25) is 9.48 Å². The standard InChI is InChI=1S/C21H19F2N3O2/c22-17-7-6-15(10-18(17)23)21(27)24-11-19-20-16(8-9-28-19)13-26(25-20)12-14-4-2-1-3-5-14/h1-7,10,13,19H,8-9,11-12H2,(H,24,27). The molecule has 1 amide bonds. The molecular formula is C21H19F2N3O2. The molecule has 0 aliphatic carbocycles. The summed E-state index contributed by atoms with van der Waals surface area (Å²) >= 11 is 0. The zero-order chi connectivity index (χ0) is 19.5. The van der Waals surface area contributed by atoms with Crippen molar-refractivity contribution in [2.45, 2.75) is 19.1 Å². The summed E-state index contributed by atoms with van der Waals surface area (Å²) < 4.78 is 34.0. The van der Waals surface area contributed by atoms with Crippen molar-refractivity contribution < 1.29 is 18.3 Å². The first kappa shape index (κ1) is 18.3. The van der Waals surface area contributed by atoms with Crippen LogP contribution in [0.25, 0.3) is 0 Å². The van der Waals surface area contributed by atoms with E-state index in [1.165, 1.54) is 6.07 Å². The molecular weight excluding hydrogens is 364 g/mol. The molecule has 1 aliphatic heterocycles. The SMILES string of the molecule is O=C(NCC1OCCc2cn(Cc3ccccc3)nc21)c1ccc(F)c(F)c1. The molecule has 0 saturated carbocycles. The van der Waals surface area contributed by atoms with Crippen molar-refractivity contribution in [2.75, 3.05) is 13.2 Å². The molecule has 1 aliphatic rings. The molecule has 2 heterocycles. The van der Waals surface area contributed by atoms with Gasteiger partial charge in [0.1, 0.15) is 6.10 Å². The number of halogens is 2. The lowest BCUT2D eigenvalue weighted by Crippen LogP contribution is -2.32. The number of carbonyl (C=O) groups excluding carboxylic acids is 1. The van der Waals surface area contributed by atoms with Gasteiger partial charge in [0.05, 0.1) is 18.8 Å². The first-order chi connectivity index (χ1) is 13.6. The Morgan fingerprint density at radius 3 is 2.79 bits per heavy atom. The van der Waals surface area contributed by atoms with Gasteiger partial charge in [0.15, 0.2) is 11.6 Å². The Morgan fingerprint density at radius 1 is 1.18 bits per heavy atom. The van der Waals surface area contributed by atoms with Crippen LogP contribution in [0.1, 0.15) is 33.3 Å². The fourth-order valence-corrected chi connectivity index (χ4v) is 3.26. The summed E-state index contributed by atoms with van der Waals surface area (Å²) in [7, 11) is 0. The Hall–Kier alpha value is -3.06. The minimum absolute atomic E-state index is 0.0598. The van der Waals surface area contributed by atoms with E-state index >= 15 is 0 Å². The highest BCUT2D eigenvalue weighted by Crippen LogP contribution is 2.25. The van der Waals surface area contributed by atoms with E-state index in [0.717, 1.165) is 35.4 Å². The highest BCUT2D eigenvalue weighted by molar-refractivity contribution is 5.94. The molecule has 5 nitrogen and oxygen atoms in total. The number of amides is 1. The zero-order valence-electron chi connectivity index (χ0n) is 15.1. The third-order valence-electron chi connectivity index (χ3n) is 4.68. The van der Waals surface area contributed by atoms with E-state index in [0.29, 0.717) is 13.2 Å². The number of ether oxygens (including phenoxy) is 1. The summed E-state index contributed by atoms with van der Waals surface area (Å²) in [4.78, 5) is 12.2. The maximum absolute atomic E-state index is 13.3. The predicted molar refractivity (Wildman–Crippen MR) is 98.9 cm³/mol. The van der Waals surface area contributed by atoms with Crippen LogP contribution in [0.3, 0.4) is 0 Å². The highest BCUT2D eigenvalue weighted by Gasteiger charge is 2.25. The molecule has 0 fully saturated rings. The van der Waals surface area contributed by atoms with E-state index in [9.17, 15) is 13.6 Å². The van der Waals surface area contributed by atoms with Gasteiger partial charge in [-0.2, -0.15) is 5.10 Å². The molecule has 0 spiro atoms. The molecule has 1 N–H and O–H groups in total. The molecule has 0 radical (unpaired) electrons. The summed E-state index contributed by atoms with van der Waals surface area (Å²) in [5, 5.41) is 7.35. The first-order valence-corrected chi connectivity index (χ1v) is 9.05. The van der Waals surface area contributed by atoms with Crippen molar-refractivity contribution in [3.8, 4) is 0 Å². The van der Waals surface area contributed by atoms with Gasteiger partial charge < -0.3 is 10.1 Å². The fraction of sp³-hybridized carbons (Fsp3) is 0.238. The van der Waals surface area contributed by atoms with Gasteiger partial charge in [-0.05, 0) is 35.7 Å². The number of aromatic nitrogens is 2. The van der Waals surface area contributed by atoms with Gasteiger partial charge in [0, 0.05) is 18.3 Å². The van der Waals surface area contributed by atoms with E-state index in [-0.39, 0.29) is 18.2 Å². The molecule has 3 aromatic rings. The number of hydrogen-bond donors (Lipinski definition) is 1. The Labute approximate surface area is 160 Å². The van der Waals surface area contributed by atoms with Gasteiger partial charge >= 0.3 is 0 Å². The van der Waals surface area contributed by atoms with Crippen LogP contribution in [-0.4, -0.2) is 28.8 Å². The number of rotatable bonds is 5. The molecule has 0 saturated heterocycles. The summed E-state index contributed by atoms with van der Waals surface area (Å²) in [5.74, 6) is -2.53. The molecule has 1 aromatic heterocycles. The van der Waals surface area contributed by atoms with Crippen LogP contribution in [0, 0.1) is 11.6 Å². The summed E-state index contributed by atoms with van der Waals surface area (Å²) in [6, 6.07) is 13.1. The third kappa shape index (κ3) is 3.94. The number of nitrogens with zero attached hydrogens (tertiary/aromatic N) is 2. The minimum Gasteiger partial charge on any atom is -0.370 e. The smallest absolute Gasteiger partial charge is 0.251 e. The van der Waals surface area contributed by atoms with Crippen molar-refractivity contribution in [1.29, 1.82) is 0 Å². The monoisotopic (exact) mass is 383 g/mol. The van der Waals surface area contributed by atoms with Gasteiger partial charge in [-0.25, -0.2) is 8.78 Å². The van der Waals surface area contributed by atoms with Crippen LogP contribution in [0.4, 0.5) is 8.78 Å². The van der Waals surface area contributed by atoms with E-state index in [1.807, 2.05) is 41.2 Å². The lowest BCUT2D eigenvalue weighted by atomic mass is 10.1. The quantitative estimate of drug-likeness (QED) is 0.736. The number of carbonyl (C=O) groups is 1. The molecule has 28 heavy (non-hydrogen) atoms. The molecule has 2 aromatic carbocycles. The summed E-state index contributed by atoms with van der Waals surface area (Å²) in [5.41, 5.74) is 3.10. The maximum atomic E-state index is 13.3. The van der Waals surface area contributed by atoms with E-state index in [4.69, 9.17) is 4.74 Å². The van der Waals surface area contributed by atoms with Crippen LogP contribution in [-0.2, 0) is 17.7 Å². The second kappa shape index (κ2) is 7.90. The van der Waals surface area contributed by atoms with Crippen molar-refractivity contribution in [1.82, 2.24) is 15.1 Å². The van der Waals surface area contributed by atoms with Crippen molar-refractivity contribution >= 4 is 5.91 Å². The van der Waals surface area contributed by atoms with Gasteiger partial charge in [0.25, 0.3) is 5.91 Å². The number of nitrogens with one attached hydrogen (secondary N) is 1. The number of fused-ring (bicyclic) bond motifs is 1. The average Bonchev–Trinajstić information content (AvgIpc) is 3.12. The Morgan fingerprint density at radius 2 is 2.00 bits per heavy atom. The van der Waals surface area contributed by atoms with Gasteiger partial charge in [-0.1, -0.05) is 30.3 Å². The third-order valence-corrected chi connectivity index (χ3v) is 4.68. The lowest BCUT2D eigenvalue weighted by Gasteiger charge is -2.22. The zero-order valence-corrected chi connectivity index (χ0v) is 15.1. The molecule has 1 atom stereocenters. The summed E-state index contributed by atoms with van der Waals surface area (Å²) in [6.07, 6.45) is 2.39. The van der Waals surface area contributed by atoms with E-state index in [1.54, 1.807) is 0 Å². The number of benzene rings is 2. The van der Waals surface area contributed by atoms with E-state index < -0.39 is 17.5 Å². The van der Waals surface area contributed by atoms with Crippen molar-refractivity contribution in [2.24, 2.45) is 0 Å². The normalized spacial score (nSPS) is 15.9. The first-order valence-electron chi connectivity index (χ1n) is 9.05. The molecule has 0 bridgehead atoms. The van der Waals surface area contributed by atoms with Gasteiger partial charge in [-0.15, -0.1) is 0 Å².